The first-order valence-electron chi connectivity index (χ1n) is 8.02. The molecule has 1 aliphatic rings. The number of benzene rings is 1. The van der Waals surface area contributed by atoms with Crippen LogP contribution in [0.5, 0.6) is 0 Å². The highest BCUT2D eigenvalue weighted by atomic mass is 35.5. The Morgan fingerprint density at radius 3 is 2.62 bits per heavy atom. The van der Waals surface area contributed by atoms with Crippen LogP contribution in [0.25, 0.3) is 16.7 Å². The van der Waals surface area contributed by atoms with Crippen LogP contribution in [0.3, 0.4) is 0 Å². The average molecular weight is 343 g/mol. The third kappa shape index (κ3) is 2.61. The molecule has 0 saturated carbocycles. The zero-order chi connectivity index (χ0) is 16.7. The third-order valence-electron chi connectivity index (χ3n) is 4.53. The number of aryl methyl sites for hydroxylation is 1. The molecule has 0 spiro atoms. The van der Waals surface area contributed by atoms with Crippen molar-refractivity contribution in [1.82, 2.24) is 24.6 Å². The summed E-state index contributed by atoms with van der Waals surface area (Å²) in [5, 5.41) is 6.27. The molecular formula is C17H19ClN6. The predicted octanol–water partition coefficient (Wildman–Crippen LogP) is 2.53. The highest BCUT2D eigenvalue weighted by Crippen LogP contribution is 2.27. The number of likely N-dealkylation sites (N-methyl/N-ethyl adjacent to an activating group) is 1. The van der Waals surface area contributed by atoms with Crippen molar-refractivity contribution in [2.45, 2.75) is 6.92 Å². The van der Waals surface area contributed by atoms with Gasteiger partial charge in [0.2, 0.25) is 0 Å². The van der Waals surface area contributed by atoms with Crippen LogP contribution in [-0.2, 0) is 0 Å². The molecule has 124 valence electrons. The number of hydrogen-bond donors (Lipinski definition) is 0. The van der Waals surface area contributed by atoms with E-state index in [-0.39, 0.29) is 0 Å². The second-order valence-electron chi connectivity index (χ2n) is 6.21. The highest BCUT2D eigenvalue weighted by molar-refractivity contribution is 6.30. The second-order valence-corrected chi connectivity index (χ2v) is 6.65. The number of nitrogens with zero attached hydrogens (tertiary/aromatic N) is 6. The summed E-state index contributed by atoms with van der Waals surface area (Å²) in [6.45, 7) is 6.03. The number of fused-ring (bicyclic) bond motifs is 1. The normalized spacial score (nSPS) is 16.0. The SMILES string of the molecule is Cc1cc(Cl)ccc1-n1ncc2c(N3CCN(C)CC3)ncnc21. The third-order valence-corrected chi connectivity index (χ3v) is 4.77. The van der Waals surface area contributed by atoms with Gasteiger partial charge in [-0.1, -0.05) is 11.6 Å². The zero-order valence-corrected chi connectivity index (χ0v) is 14.5. The van der Waals surface area contributed by atoms with E-state index in [4.69, 9.17) is 11.6 Å². The fourth-order valence-electron chi connectivity index (χ4n) is 3.13. The molecule has 24 heavy (non-hydrogen) atoms. The van der Waals surface area contributed by atoms with Crippen LogP contribution < -0.4 is 4.90 Å². The minimum atomic E-state index is 0.723. The van der Waals surface area contributed by atoms with Crippen LogP contribution in [-0.4, -0.2) is 57.9 Å². The molecule has 0 N–H and O–H groups in total. The Hall–Kier alpha value is -2.18. The number of anilines is 1. The van der Waals surface area contributed by atoms with Crippen LogP contribution in [0.4, 0.5) is 5.82 Å². The van der Waals surface area contributed by atoms with E-state index in [1.165, 1.54) is 0 Å². The molecule has 1 fully saturated rings. The predicted molar refractivity (Wildman–Crippen MR) is 96.1 cm³/mol. The average Bonchev–Trinajstić information content (AvgIpc) is 3.00. The smallest absolute Gasteiger partial charge is 0.168 e. The summed E-state index contributed by atoms with van der Waals surface area (Å²) >= 11 is 6.07. The van der Waals surface area contributed by atoms with Gasteiger partial charge in [0.25, 0.3) is 0 Å². The van der Waals surface area contributed by atoms with Crippen molar-refractivity contribution in [2.24, 2.45) is 0 Å². The molecular weight excluding hydrogens is 324 g/mol. The lowest BCUT2D eigenvalue weighted by molar-refractivity contribution is 0.312. The van der Waals surface area contributed by atoms with Gasteiger partial charge in [-0.05, 0) is 37.7 Å². The topological polar surface area (TPSA) is 50.1 Å². The molecule has 1 aromatic carbocycles. The van der Waals surface area contributed by atoms with Gasteiger partial charge in [0.1, 0.15) is 12.1 Å². The molecule has 0 aliphatic carbocycles. The second kappa shape index (κ2) is 6.03. The van der Waals surface area contributed by atoms with E-state index in [9.17, 15) is 0 Å². The maximum atomic E-state index is 6.07. The van der Waals surface area contributed by atoms with Crippen LogP contribution in [0, 0.1) is 6.92 Å². The van der Waals surface area contributed by atoms with Gasteiger partial charge in [0.05, 0.1) is 17.3 Å². The van der Waals surface area contributed by atoms with Crippen LogP contribution in [0.2, 0.25) is 5.02 Å². The lowest BCUT2D eigenvalue weighted by Crippen LogP contribution is -2.44. The Bertz CT molecular complexity index is 882. The molecule has 4 rings (SSSR count). The Kier molecular flexibility index (Phi) is 3.86. The van der Waals surface area contributed by atoms with Gasteiger partial charge in [0.15, 0.2) is 5.65 Å². The maximum Gasteiger partial charge on any atom is 0.168 e. The maximum absolute atomic E-state index is 6.07. The van der Waals surface area contributed by atoms with Gasteiger partial charge >= 0.3 is 0 Å². The summed E-state index contributed by atoms with van der Waals surface area (Å²) in [5.74, 6) is 0.964. The number of halogens is 1. The van der Waals surface area contributed by atoms with Crippen LogP contribution >= 0.6 is 11.6 Å². The van der Waals surface area contributed by atoms with Gasteiger partial charge in [-0.3, -0.25) is 0 Å². The molecule has 1 saturated heterocycles. The number of hydrogen-bond acceptors (Lipinski definition) is 5. The monoisotopic (exact) mass is 342 g/mol. The fourth-order valence-corrected chi connectivity index (χ4v) is 3.36. The first kappa shape index (κ1) is 15.4. The molecule has 0 amide bonds. The van der Waals surface area contributed by atoms with Gasteiger partial charge in [-0.25, -0.2) is 14.6 Å². The molecule has 3 heterocycles. The van der Waals surface area contributed by atoms with E-state index in [0.717, 1.165) is 59.3 Å². The Labute approximate surface area is 145 Å². The van der Waals surface area contributed by atoms with Gasteiger partial charge in [-0.2, -0.15) is 5.10 Å². The fraction of sp³-hybridized carbons (Fsp3) is 0.353. The highest BCUT2D eigenvalue weighted by Gasteiger charge is 2.20. The van der Waals surface area contributed by atoms with E-state index < -0.39 is 0 Å². The number of rotatable bonds is 2. The van der Waals surface area contributed by atoms with Crippen molar-refractivity contribution in [3.05, 3.63) is 41.3 Å². The molecule has 3 aromatic rings. The van der Waals surface area contributed by atoms with Crippen molar-refractivity contribution in [2.75, 3.05) is 38.1 Å². The quantitative estimate of drug-likeness (QED) is 0.716. The van der Waals surface area contributed by atoms with E-state index in [2.05, 4.69) is 31.9 Å². The van der Waals surface area contributed by atoms with E-state index in [1.807, 2.05) is 36.0 Å². The molecule has 7 heteroatoms. The summed E-state index contributed by atoms with van der Waals surface area (Å²) in [5.41, 5.74) is 2.87. The van der Waals surface area contributed by atoms with Crippen molar-refractivity contribution in [3.8, 4) is 5.69 Å². The van der Waals surface area contributed by atoms with Crippen LogP contribution in [0.1, 0.15) is 5.56 Å². The molecule has 6 nitrogen and oxygen atoms in total. The van der Waals surface area contributed by atoms with Gasteiger partial charge < -0.3 is 9.80 Å². The minimum Gasteiger partial charge on any atom is -0.353 e. The van der Waals surface area contributed by atoms with E-state index in [0.29, 0.717) is 0 Å². The van der Waals surface area contributed by atoms with Gasteiger partial charge in [0, 0.05) is 31.2 Å². The standard InChI is InChI=1S/C17H19ClN6/c1-12-9-13(18)3-4-15(12)24-17-14(10-21-24)16(19-11-20-17)23-7-5-22(2)6-8-23/h3-4,9-11H,5-8H2,1-2H3. The molecule has 0 atom stereocenters. The van der Waals surface area contributed by atoms with Crippen LogP contribution in [0.15, 0.2) is 30.7 Å². The Morgan fingerprint density at radius 2 is 1.88 bits per heavy atom. The van der Waals surface area contributed by atoms with E-state index >= 15 is 0 Å². The number of aromatic nitrogens is 4. The summed E-state index contributed by atoms with van der Waals surface area (Å²) in [4.78, 5) is 13.6. The first-order valence-corrected chi connectivity index (χ1v) is 8.40. The van der Waals surface area contributed by atoms with Crippen molar-refractivity contribution < 1.29 is 0 Å². The summed E-state index contributed by atoms with van der Waals surface area (Å²) in [6.07, 6.45) is 3.48. The lowest BCUT2D eigenvalue weighted by Gasteiger charge is -2.33. The molecule has 0 bridgehead atoms. The van der Waals surface area contributed by atoms with E-state index in [1.54, 1.807) is 6.33 Å². The summed E-state index contributed by atoms with van der Waals surface area (Å²) < 4.78 is 1.86. The molecule has 2 aromatic heterocycles. The molecule has 0 unspecified atom stereocenters. The molecule has 0 radical (unpaired) electrons. The lowest BCUT2D eigenvalue weighted by atomic mass is 10.2. The van der Waals surface area contributed by atoms with Crippen molar-refractivity contribution in [3.63, 3.8) is 0 Å². The Balaban J connectivity index is 1.79. The summed E-state index contributed by atoms with van der Waals surface area (Å²) in [7, 11) is 2.15. The van der Waals surface area contributed by atoms with Crippen molar-refractivity contribution in [1.29, 1.82) is 0 Å². The Morgan fingerprint density at radius 1 is 1.08 bits per heavy atom. The first-order chi connectivity index (χ1) is 11.6. The largest absolute Gasteiger partial charge is 0.353 e. The van der Waals surface area contributed by atoms with Crippen molar-refractivity contribution >= 4 is 28.5 Å². The molecule has 1 aliphatic heterocycles. The summed E-state index contributed by atoms with van der Waals surface area (Å²) in [6, 6.07) is 5.79. The zero-order valence-electron chi connectivity index (χ0n) is 13.8. The van der Waals surface area contributed by atoms with Gasteiger partial charge in [-0.15, -0.1) is 0 Å². The minimum absolute atomic E-state index is 0.723. The number of piperazine rings is 1.